The summed E-state index contributed by atoms with van der Waals surface area (Å²) in [6.45, 7) is -0.213. The monoisotopic (exact) mass is 329 g/mol. The van der Waals surface area contributed by atoms with Gasteiger partial charge in [-0.25, -0.2) is 9.07 Å². The van der Waals surface area contributed by atoms with Gasteiger partial charge in [0.05, 0.1) is 4.88 Å². The van der Waals surface area contributed by atoms with Crippen LogP contribution in [0.5, 0.6) is 0 Å². The summed E-state index contributed by atoms with van der Waals surface area (Å²) in [5.74, 6) is -0.793. The highest BCUT2D eigenvalue weighted by Crippen LogP contribution is 2.21. The molecule has 0 fully saturated rings. The molecule has 2 heterocycles. The maximum atomic E-state index is 12.8. The van der Waals surface area contributed by atoms with E-state index < -0.39 is 5.91 Å². The van der Waals surface area contributed by atoms with Gasteiger partial charge in [-0.15, -0.1) is 11.3 Å². The molecule has 0 atom stereocenters. The van der Waals surface area contributed by atoms with E-state index in [1.165, 1.54) is 41.7 Å². The minimum atomic E-state index is -0.408. The molecular weight excluding hydrogens is 317 g/mol. The van der Waals surface area contributed by atoms with Crippen molar-refractivity contribution in [3.63, 3.8) is 0 Å². The fourth-order valence-electron chi connectivity index (χ4n) is 1.99. The van der Waals surface area contributed by atoms with Crippen LogP contribution in [0.4, 0.5) is 10.1 Å². The molecule has 0 saturated heterocycles. The zero-order valence-corrected chi connectivity index (χ0v) is 12.7. The lowest BCUT2D eigenvalue weighted by molar-refractivity contribution is -0.117. The number of hydrogen-bond acceptors (Lipinski definition) is 4. The summed E-state index contributed by atoms with van der Waals surface area (Å²) >= 11 is 1.50. The molecule has 0 aliphatic rings. The van der Waals surface area contributed by atoms with E-state index in [0.29, 0.717) is 11.4 Å². The van der Waals surface area contributed by atoms with E-state index >= 15 is 0 Å². The van der Waals surface area contributed by atoms with Crippen LogP contribution in [0, 0.1) is 5.82 Å². The quantitative estimate of drug-likeness (QED) is 0.800. The first-order valence-corrected chi connectivity index (χ1v) is 7.67. The van der Waals surface area contributed by atoms with Gasteiger partial charge in [0.2, 0.25) is 5.91 Å². The van der Waals surface area contributed by atoms with Crippen molar-refractivity contribution >= 4 is 22.9 Å². The Morgan fingerprint density at radius 1 is 1.17 bits per heavy atom. The van der Waals surface area contributed by atoms with Crippen molar-refractivity contribution in [2.45, 2.75) is 6.54 Å². The number of thiophene rings is 1. The Balaban J connectivity index is 1.76. The molecule has 1 amide bonds. The lowest BCUT2D eigenvalue weighted by atomic mass is 10.3. The van der Waals surface area contributed by atoms with Crippen LogP contribution in [0.25, 0.3) is 10.6 Å². The van der Waals surface area contributed by atoms with E-state index in [-0.39, 0.29) is 17.9 Å². The second kappa shape index (κ2) is 6.53. The SMILES string of the molecule is O=C(Cn1nc(-c2cccs2)ccc1=O)Nc1ccc(F)cc1. The molecule has 116 valence electrons. The molecule has 2 aromatic heterocycles. The number of nitrogens with zero attached hydrogens (tertiary/aromatic N) is 2. The highest BCUT2D eigenvalue weighted by molar-refractivity contribution is 7.13. The fraction of sp³-hybridized carbons (Fsp3) is 0.0625. The molecule has 0 aliphatic heterocycles. The van der Waals surface area contributed by atoms with Crippen LogP contribution in [-0.2, 0) is 11.3 Å². The van der Waals surface area contributed by atoms with Crippen molar-refractivity contribution < 1.29 is 9.18 Å². The number of rotatable bonds is 4. The molecule has 0 aliphatic carbocycles. The summed E-state index contributed by atoms with van der Waals surface area (Å²) in [4.78, 5) is 24.8. The molecule has 0 spiro atoms. The maximum absolute atomic E-state index is 12.8. The first-order valence-electron chi connectivity index (χ1n) is 6.79. The Morgan fingerprint density at radius 3 is 2.65 bits per heavy atom. The Hall–Kier alpha value is -2.80. The number of anilines is 1. The van der Waals surface area contributed by atoms with Crippen molar-refractivity contribution in [3.8, 4) is 10.6 Å². The van der Waals surface area contributed by atoms with E-state index in [0.717, 1.165) is 9.56 Å². The standard InChI is InChI=1S/C16H12FN3O2S/c17-11-3-5-12(6-4-11)18-15(21)10-20-16(22)8-7-13(19-20)14-2-1-9-23-14/h1-9H,10H2,(H,18,21). The molecular formula is C16H12FN3O2S. The van der Waals surface area contributed by atoms with Crippen LogP contribution in [0.1, 0.15) is 0 Å². The van der Waals surface area contributed by atoms with Gasteiger partial charge >= 0.3 is 0 Å². The Labute approximate surface area is 135 Å². The second-order valence-electron chi connectivity index (χ2n) is 4.75. The number of halogens is 1. The lowest BCUT2D eigenvalue weighted by Crippen LogP contribution is -2.29. The van der Waals surface area contributed by atoms with Crippen LogP contribution in [-0.4, -0.2) is 15.7 Å². The third kappa shape index (κ3) is 3.70. The highest BCUT2D eigenvalue weighted by atomic mass is 32.1. The van der Waals surface area contributed by atoms with Gasteiger partial charge in [0.25, 0.3) is 5.56 Å². The first-order chi connectivity index (χ1) is 11.1. The van der Waals surface area contributed by atoms with Crippen molar-refractivity contribution in [1.29, 1.82) is 0 Å². The minimum absolute atomic E-state index is 0.213. The summed E-state index contributed by atoms with van der Waals surface area (Å²) in [6, 6.07) is 12.2. The smallest absolute Gasteiger partial charge is 0.267 e. The normalized spacial score (nSPS) is 10.5. The van der Waals surface area contributed by atoms with E-state index in [4.69, 9.17) is 0 Å². The molecule has 0 bridgehead atoms. The highest BCUT2D eigenvalue weighted by Gasteiger charge is 2.09. The summed E-state index contributed by atoms with van der Waals surface area (Å²) in [5, 5.41) is 8.71. The predicted molar refractivity (Wildman–Crippen MR) is 86.8 cm³/mol. The number of hydrogen-bond donors (Lipinski definition) is 1. The molecule has 1 N–H and O–H groups in total. The van der Waals surface area contributed by atoms with Crippen molar-refractivity contribution in [1.82, 2.24) is 9.78 Å². The van der Waals surface area contributed by atoms with E-state index in [1.54, 1.807) is 6.07 Å². The maximum Gasteiger partial charge on any atom is 0.267 e. The Morgan fingerprint density at radius 2 is 1.96 bits per heavy atom. The van der Waals surface area contributed by atoms with Crippen LogP contribution in [0.15, 0.2) is 58.7 Å². The molecule has 23 heavy (non-hydrogen) atoms. The summed E-state index contributed by atoms with van der Waals surface area (Å²) in [5.41, 5.74) is 0.729. The van der Waals surface area contributed by atoms with Gasteiger partial charge in [-0.05, 0) is 41.8 Å². The van der Waals surface area contributed by atoms with Crippen LogP contribution in [0.2, 0.25) is 0 Å². The van der Waals surface area contributed by atoms with Gasteiger partial charge in [-0.2, -0.15) is 5.10 Å². The van der Waals surface area contributed by atoms with Crippen LogP contribution >= 0.6 is 11.3 Å². The number of amides is 1. The molecule has 0 radical (unpaired) electrons. The summed E-state index contributed by atoms with van der Waals surface area (Å²) in [7, 11) is 0. The number of benzene rings is 1. The Bertz CT molecular complexity index is 873. The fourth-order valence-corrected chi connectivity index (χ4v) is 2.68. The third-order valence-corrected chi connectivity index (χ3v) is 3.95. The lowest BCUT2D eigenvalue weighted by Gasteiger charge is -2.07. The summed E-state index contributed by atoms with van der Waals surface area (Å²) in [6.07, 6.45) is 0. The third-order valence-electron chi connectivity index (χ3n) is 3.06. The van der Waals surface area contributed by atoms with Gasteiger partial charge in [0, 0.05) is 11.8 Å². The molecule has 5 nitrogen and oxygen atoms in total. The van der Waals surface area contributed by atoms with E-state index in [2.05, 4.69) is 10.4 Å². The first kappa shape index (κ1) is 15.1. The predicted octanol–water partition coefficient (Wildman–Crippen LogP) is 2.75. The number of nitrogens with one attached hydrogen (secondary N) is 1. The van der Waals surface area contributed by atoms with Crippen molar-refractivity contribution in [2.24, 2.45) is 0 Å². The second-order valence-corrected chi connectivity index (χ2v) is 5.69. The molecule has 0 unspecified atom stereocenters. The number of aromatic nitrogens is 2. The molecule has 0 saturated carbocycles. The van der Waals surface area contributed by atoms with E-state index in [9.17, 15) is 14.0 Å². The largest absolute Gasteiger partial charge is 0.324 e. The number of carbonyl (C=O) groups is 1. The van der Waals surface area contributed by atoms with Crippen molar-refractivity contribution in [3.05, 3.63) is 70.1 Å². The Kier molecular flexibility index (Phi) is 4.29. The minimum Gasteiger partial charge on any atom is -0.324 e. The molecule has 1 aromatic carbocycles. The van der Waals surface area contributed by atoms with E-state index in [1.807, 2.05) is 17.5 Å². The average Bonchev–Trinajstić information content (AvgIpc) is 3.06. The number of carbonyl (C=O) groups excluding carboxylic acids is 1. The van der Waals surface area contributed by atoms with Gasteiger partial charge in [-0.3, -0.25) is 9.59 Å². The van der Waals surface area contributed by atoms with Crippen LogP contribution in [0.3, 0.4) is 0 Å². The molecule has 7 heteroatoms. The van der Waals surface area contributed by atoms with Gasteiger partial charge in [0.15, 0.2) is 0 Å². The molecule has 3 rings (SSSR count). The molecule has 3 aromatic rings. The van der Waals surface area contributed by atoms with Crippen LogP contribution < -0.4 is 10.9 Å². The summed E-state index contributed by atoms with van der Waals surface area (Å²) < 4.78 is 13.9. The van der Waals surface area contributed by atoms with Gasteiger partial charge in [-0.1, -0.05) is 6.07 Å². The van der Waals surface area contributed by atoms with Crippen molar-refractivity contribution in [2.75, 3.05) is 5.32 Å². The zero-order chi connectivity index (χ0) is 16.2. The topological polar surface area (TPSA) is 64.0 Å². The van der Waals surface area contributed by atoms with Gasteiger partial charge in [0.1, 0.15) is 18.1 Å². The van der Waals surface area contributed by atoms with Gasteiger partial charge < -0.3 is 5.32 Å². The zero-order valence-electron chi connectivity index (χ0n) is 11.9. The average molecular weight is 329 g/mol.